The first-order valence-corrected chi connectivity index (χ1v) is 9.42. The Bertz CT molecular complexity index is 769. The van der Waals surface area contributed by atoms with Crippen LogP contribution in [0.4, 0.5) is 0 Å². The number of rotatable bonds is 5. The summed E-state index contributed by atoms with van der Waals surface area (Å²) < 4.78 is 25.5. The highest BCUT2D eigenvalue weighted by Gasteiger charge is 2.68. The van der Waals surface area contributed by atoms with E-state index in [9.17, 15) is 13.5 Å². The molecule has 0 heterocycles. The van der Waals surface area contributed by atoms with E-state index in [0.717, 1.165) is 0 Å². The van der Waals surface area contributed by atoms with E-state index in [1.807, 2.05) is 32.0 Å². The normalized spacial score (nSPS) is 25.3. The predicted octanol–water partition coefficient (Wildman–Crippen LogP) is 3.61. The molecule has 3 atom stereocenters. The Labute approximate surface area is 137 Å². The lowest BCUT2D eigenvalue weighted by Gasteiger charge is -2.26. The van der Waals surface area contributed by atoms with Gasteiger partial charge >= 0.3 is 0 Å². The summed E-state index contributed by atoms with van der Waals surface area (Å²) in [6.07, 6.45) is -0.515. The van der Waals surface area contributed by atoms with Crippen LogP contribution in [-0.2, 0) is 9.84 Å². The van der Waals surface area contributed by atoms with Gasteiger partial charge in [0, 0.05) is 0 Å². The lowest BCUT2D eigenvalue weighted by molar-refractivity contribution is 0.153. The average molecular weight is 330 g/mol. The fourth-order valence-corrected chi connectivity index (χ4v) is 6.05. The Morgan fingerprint density at radius 3 is 2.00 bits per heavy atom. The monoisotopic (exact) mass is 330 g/mol. The van der Waals surface area contributed by atoms with Gasteiger partial charge in [0.25, 0.3) is 0 Å². The topological polar surface area (TPSA) is 54.4 Å². The van der Waals surface area contributed by atoms with E-state index in [-0.39, 0.29) is 16.7 Å². The maximum atomic E-state index is 13.3. The van der Waals surface area contributed by atoms with Crippen molar-refractivity contribution < 1.29 is 13.5 Å². The van der Waals surface area contributed by atoms with Crippen molar-refractivity contribution in [3.8, 4) is 0 Å². The highest BCUT2D eigenvalue weighted by atomic mass is 32.2. The summed E-state index contributed by atoms with van der Waals surface area (Å²) >= 11 is 0. The molecule has 1 aliphatic carbocycles. The second kappa shape index (κ2) is 5.77. The van der Waals surface area contributed by atoms with Crippen LogP contribution in [0.25, 0.3) is 0 Å². The summed E-state index contributed by atoms with van der Waals surface area (Å²) in [6, 6.07) is 17.6. The molecule has 1 saturated carbocycles. The first-order chi connectivity index (χ1) is 10.9. The van der Waals surface area contributed by atoms with Gasteiger partial charge in [-0.2, -0.15) is 0 Å². The molecule has 0 aliphatic heterocycles. The zero-order chi connectivity index (χ0) is 16.7. The van der Waals surface area contributed by atoms with E-state index in [1.165, 1.54) is 0 Å². The van der Waals surface area contributed by atoms with Crippen molar-refractivity contribution in [1.82, 2.24) is 0 Å². The average Bonchev–Trinajstić information content (AvgIpc) is 3.33. The molecule has 0 bridgehead atoms. The number of benzene rings is 2. The third-order valence-corrected chi connectivity index (χ3v) is 7.53. The SMILES string of the molecule is CC(C)[C@H]1C[C@@]1(C(O)c1ccccc1)S(=O)(=O)c1ccccc1. The van der Waals surface area contributed by atoms with E-state index >= 15 is 0 Å². The molecule has 3 rings (SSSR count). The Morgan fingerprint density at radius 1 is 1.00 bits per heavy atom. The minimum atomic E-state index is -3.62. The van der Waals surface area contributed by atoms with Gasteiger partial charge in [-0.3, -0.25) is 0 Å². The molecular formula is C19H22O3S. The molecule has 3 nitrogen and oxygen atoms in total. The van der Waals surface area contributed by atoms with Crippen LogP contribution >= 0.6 is 0 Å². The van der Waals surface area contributed by atoms with E-state index in [2.05, 4.69) is 0 Å². The minimum absolute atomic E-state index is 0.0390. The third kappa shape index (κ3) is 2.50. The van der Waals surface area contributed by atoms with Crippen LogP contribution < -0.4 is 0 Å². The van der Waals surface area contributed by atoms with Gasteiger partial charge in [-0.1, -0.05) is 62.4 Å². The van der Waals surface area contributed by atoms with Gasteiger partial charge in [-0.05, 0) is 36.0 Å². The molecule has 4 heteroatoms. The van der Waals surface area contributed by atoms with Crippen LogP contribution in [0.5, 0.6) is 0 Å². The molecule has 0 amide bonds. The second-order valence-corrected chi connectivity index (χ2v) is 8.88. The molecule has 0 spiro atoms. The highest BCUT2D eigenvalue weighted by Crippen LogP contribution is 2.62. The van der Waals surface area contributed by atoms with Gasteiger partial charge in [-0.15, -0.1) is 0 Å². The highest BCUT2D eigenvalue weighted by molar-refractivity contribution is 7.93. The number of hydrogen-bond acceptors (Lipinski definition) is 3. The maximum Gasteiger partial charge on any atom is 0.187 e. The number of hydrogen-bond donors (Lipinski definition) is 1. The van der Waals surface area contributed by atoms with Gasteiger partial charge < -0.3 is 5.11 Å². The van der Waals surface area contributed by atoms with Crippen LogP contribution in [-0.4, -0.2) is 18.3 Å². The van der Waals surface area contributed by atoms with Crippen LogP contribution in [0.2, 0.25) is 0 Å². The van der Waals surface area contributed by atoms with Crippen LogP contribution in [0.15, 0.2) is 65.6 Å². The van der Waals surface area contributed by atoms with Gasteiger partial charge in [0.15, 0.2) is 9.84 Å². The van der Waals surface area contributed by atoms with Crippen molar-refractivity contribution in [1.29, 1.82) is 0 Å². The Morgan fingerprint density at radius 2 is 1.52 bits per heavy atom. The van der Waals surface area contributed by atoms with Crippen molar-refractivity contribution in [2.24, 2.45) is 11.8 Å². The molecule has 1 unspecified atom stereocenters. The predicted molar refractivity (Wildman–Crippen MR) is 90.7 cm³/mol. The lowest BCUT2D eigenvalue weighted by Crippen LogP contribution is -2.34. The van der Waals surface area contributed by atoms with Gasteiger partial charge in [-0.25, -0.2) is 8.42 Å². The van der Waals surface area contributed by atoms with E-state index in [1.54, 1.807) is 42.5 Å². The maximum absolute atomic E-state index is 13.3. The summed E-state index contributed by atoms with van der Waals surface area (Å²) in [4.78, 5) is 0.290. The van der Waals surface area contributed by atoms with E-state index < -0.39 is 20.7 Å². The quantitative estimate of drug-likeness (QED) is 0.911. The molecule has 23 heavy (non-hydrogen) atoms. The van der Waals surface area contributed by atoms with Gasteiger partial charge in [0.05, 0.1) is 11.0 Å². The first-order valence-electron chi connectivity index (χ1n) is 7.94. The zero-order valence-electron chi connectivity index (χ0n) is 13.4. The molecule has 122 valence electrons. The minimum Gasteiger partial charge on any atom is -0.387 e. The molecule has 1 aliphatic rings. The van der Waals surface area contributed by atoms with Gasteiger partial charge in [0.1, 0.15) is 4.75 Å². The second-order valence-electron chi connectivity index (χ2n) is 6.64. The summed E-state index contributed by atoms with van der Waals surface area (Å²) in [5, 5.41) is 10.9. The number of sulfone groups is 1. The van der Waals surface area contributed by atoms with Crippen LogP contribution in [0.3, 0.4) is 0 Å². The zero-order valence-corrected chi connectivity index (χ0v) is 14.2. The molecule has 2 aromatic carbocycles. The Balaban J connectivity index is 2.10. The Kier molecular flexibility index (Phi) is 4.07. The first kappa shape index (κ1) is 16.2. The largest absolute Gasteiger partial charge is 0.387 e. The standard InChI is InChI=1S/C19H22O3S/c1-14(2)17-13-19(17,18(20)15-9-5-3-6-10-15)23(21,22)16-11-7-4-8-12-16/h3-12,14,17-18,20H,13H2,1-2H3/t17-,18?,19-/m1/s1. The smallest absolute Gasteiger partial charge is 0.187 e. The van der Waals surface area contributed by atoms with Crippen molar-refractivity contribution in [3.05, 3.63) is 66.2 Å². The van der Waals surface area contributed by atoms with Crippen molar-refractivity contribution >= 4 is 9.84 Å². The summed E-state index contributed by atoms with van der Waals surface area (Å²) in [5.41, 5.74) is 0.662. The van der Waals surface area contributed by atoms with Crippen molar-refractivity contribution in [2.45, 2.75) is 36.0 Å². The molecule has 2 aromatic rings. The molecule has 1 fully saturated rings. The molecule has 0 saturated heterocycles. The van der Waals surface area contributed by atoms with Crippen LogP contribution in [0.1, 0.15) is 31.9 Å². The van der Waals surface area contributed by atoms with Gasteiger partial charge in [0.2, 0.25) is 0 Å². The fourth-order valence-electron chi connectivity index (χ4n) is 3.59. The third-order valence-electron chi connectivity index (χ3n) is 4.94. The van der Waals surface area contributed by atoms with Crippen molar-refractivity contribution in [3.63, 3.8) is 0 Å². The molecule has 1 N–H and O–H groups in total. The summed E-state index contributed by atoms with van der Waals surface area (Å²) in [7, 11) is -3.62. The Hall–Kier alpha value is -1.65. The molecule has 0 aromatic heterocycles. The van der Waals surface area contributed by atoms with Crippen molar-refractivity contribution in [2.75, 3.05) is 0 Å². The molecule has 0 radical (unpaired) electrons. The lowest BCUT2D eigenvalue weighted by atomic mass is 9.99. The number of aliphatic hydroxyl groups is 1. The fraction of sp³-hybridized carbons (Fsp3) is 0.368. The summed E-state index contributed by atoms with van der Waals surface area (Å²) in [6.45, 7) is 4.04. The van der Waals surface area contributed by atoms with E-state index in [4.69, 9.17) is 0 Å². The van der Waals surface area contributed by atoms with Crippen LogP contribution in [0, 0.1) is 11.8 Å². The van der Waals surface area contributed by atoms with E-state index in [0.29, 0.717) is 12.0 Å². The summed E-state index contributed by atoms with van der Waals surface area (Å²) in [5.74, 6) is 0.162. The number of aliphatic hydroxyl groups excluding tert-OH is 1. The molecular weight excluding hydrogens is 308 g/mol.